The Hall–Kier alpha value is -2.26. The maximum Gasteiger partial charge on any atom is 0.126 e. The van der Waals surface area contributed by atoms with Crippen LogP contribution in [-0.4, -0.2) is 13.2 Å². The van der Waals surface area contributed by atoms with Crippen LogP contribution in [0, 0.1) is 0 Å². The van der Waals surface area contributed by atoms with E-state index >= 15 is 0 Å². The fraction of sp³-hybridized carbons (Fsp3) is 0.222. The van der Waals surface area contributed by atoms with Gasteiger partial charge in [-0.1, -0.05) is 42.5 Å². The van der Waals surface area contributed by atoms with Gasteiger partial charge in [-0.25, -0.2) is 0 Å². The van der Waals surface area contributed by atoms with E-state index in [4.69, 9.17) is 15.2 Å². The maximum atomic E-state index is 5.77. The van der Waals surface area contributed by atoms with E-state index in [1.165, 1.54) is 0 Å². The van der Waals surface area contributed by atoms with Gasteiger partial charge in [0.15, 0.2) is 0 Å². The predicted molar refractivity (Wildman–Crippen MR) is 86.5 cm³/mol. The topological polar surface area (TPSA) is 44.5 Å². The Balaban J connectivity index is 1.84. The molecule has 0 aliphatic heterocycles. The molecule has 0 aromatic heterocycles. The second-order valence-corrected chi connectivity index (χ2v) is 4.59. The van der Waals surface area contributed by atoms with Crippen molar-refractivity contribution in [3.63, 3.8) is 0 Å². The van der Waals surface area contributed by atoms with Crippen LogP contribution < -0.4 is 15.2 Å². The lowest BCUT2D eigenvalue weighted by atomic mass is 10.2. The van der Waals surface area contributed by atoms with Crippen LogP contribution in [-0.2, 0) is 6.54 Å². The van der Waals surface area contributed by atoms with Crippen LogP contribution in [0.3, 0.4) is 0 Å². The summed E-state index contributed by atoms with van der Waals surface area (Å²) in [6, 6.07) is 15.8. The van der Waals surface area contributed by atoms with Gasteiger partial charge >= 0.3 is 0 Å². The summed E-state index contributed by atoms with van der Waals surface area (Å²) in [4.78, 5) is 0. The highest BCUT2D eigenvalue weighted by molar-refractivity contribution is 5.56. The largest absolute Gasteiger partial charge is 0.490 e. The maximum absolute atomic E-state index is 5.77. The molecule has 0 aliphatic carbocycles. The Morgan fingerprint density at radius 2 is 1.81 bits per heavy atom. The number of allylic oxidation sites excluding steroid dienone is 1. The Kier molecular flexibility index (Phi) is 5.85. The fourth-order valence-electron chi connectivity index (χ4n) is 2.00. The summed E-state index contributed by atoms with van der Waals surface area (Å²) in [6.07, 6.45) is 4.03. The van der Waals surface area contributed by atoms with Gasteiger partial charge in [-0.15, -0.1) is 0 Å². The van der Waals surface area contributed by atoms with Crippen LogP contribution in [0.5, 0.6) is 11.5 Å². The third-order valence-corrected chi connectivity index (χ3v) is 3.01. The van der Waals surface area contributed by atoms with Crippen molar-refractivity contribution in [2.75, 3.05) is 13.2 Å². The highest BCUT2D eigenvalue weighted by Crippen LogP contribution is 2.19. The summed E-state index contributed by atoms with van der Waals surface area (Å²) in [5.41, 5.74) is 7.74. The summed E-state index contributed by atoms with van der Waals surface area (Å²) < 4.78 is 11.4. The van der Waals surface area contributed by atoms with Crippen LogP contribution in [0.2, 0.25) is 0 Å². The minimum absolute atomic E-state index is 0.498. The molecule has 0 atom stereocenters. The lowest BCUT2D eigenvalue weighted by Gasteiger charge is -2.11. The summed E-state index contributed by atoms with van der Waals surface area (Å²) in [7, 11) is 0. The van der Waals surface area contributed by atoms with Crippen molar-refractivity contribution in [1.82, 2.24) is 0 Å². The van der Waals surface area contributed by atoms with Crippen LogP contribution in [0.1, 0.15) is 18.1 Å². The third-order valence-electron chi connectivity index (χ3n) is 3.01. The van der Waals surface area contributed by atoms with E-state index in [1.807, 2.05) is 67.6 Å². The highest BCUT2D eigenvalue weighted by atomic mass is 16.5. The molecular formula is C18H21NO2. The second-order valence-electron chi connectivity index (χ2n) is 4.59. The van der Waals surface area contributed by atoms with Gasteiger partial charge in [0, 0.05) is 12.1 Å². The fourth-order valence-corrected chi connectivity index (χ4v) is 2.00. The van der Waals surface area contributed by atoms with Gasteiger partial charge in [0.2, 0.25) is 0 Å². The number of nitrogens with two attached hydrogens (primary N) is 1. The van der Waals surface area contributed by atoms with Crippen molar-refractivity contribution in [3.8, 4) is 11.5 Å². The van der Waals surface area contributed by atoms with Crippen molar-refractivity contribution in [2.45, 2.75) is 13.5 Å². The molecule has 0 heterocycles. The monoisotopic (exact) mass is 283 g/mol. The molecule has 0 saturated heterocycles. The Morgan fingerprint density at radius 1 is 1.00 bits per heavy atom. The van der Waals surface area contributed by atoms with E-state index in [9.17, 15) is 0 Å². The SMILES string of the molecule is CC=Cc1ccccc1OCCOc1cccc(CN)c1. The molecule has 0 radical (unpaired) electrons. The molecule has 0 saturated carbocycles. The van der Waals surface area contributed by atoms with Crippen LogP contribution in [0.15, 0.2) is 54.6 Å². The number of hydrogen-bond donors (Lipinski definition) is 1. The quantitative estimate of drug-likeness (QED) is 0.789. The van der Waals surface area contributed by atoms with Gasteiger partial charge in [0.1, 0.15) is 24.7 Å². The number of rotatable bonds is 7. The summed E-state index contributed by atoms with van der Waals surface area (Å²) >= 11 is 0. The van der Waals surface area contributed by atoms with Crippen LogP contribution >= 0.6 is 0 Å². The number of ether oxygens (including phenoxy) is 2. The number of benzene rings is 2. The predicted octanol–water partition coefficient (Wildman–Crippen LogP) is 3.64. The molecule has 0 aliphatic rings. The van der Waals surface area contributed by atoms with Crippen LogP contribution in [0.25, 0.3) is 6.08 Å². The van der Waals surface area contributed by atoms with E-state index < -0.39 is 0 Å². The zero-order valence-electron chi connectivity index (χ0n) is 12.3. The standard InChI is InChI=1S/C18H21NO2/c1-2-6-16-8-3-4-10-18(16)21-12-11-20-17-9-5-7-15(13-17)14-19/h2-10,13H,11-12,14,19H2,1H3. The zero-order valence-corrected chi connectivity index (χ0v) is 12.3. The lowest BCUT2D eigenvalue weighted by molar-refractivity contribution is 0.217. The highest BCUT2D eigenvalue weighted by Gasteiger charge is 2.00. The van der Waals surface area contributed by atoms with E-state index in [-0.39, 0.29) is 0 Å². The summed E-state index contributed by atoms with van der Waals surface area (Å²) in [5.74, 6) is 1.69. The molecule has 2 rings (SSSR count). The average Bonchev–Trinajstić information content (AvgIpc) is 2.53. The molecule has 110 valence electrons. The molecule has 3 heteroatoms. The Bertz CT molecular complexity index is 593. The molecule has 2 N–H and O–H groups in total. The molecule has 0 unspecified atom stereocenters. The first-order chi connectivity index (χ1) is 10.3. The first kappa shape index (κ1) is 15.1. The second kappa shape index (κ2) is 8.12. The van der Waals surface area contributed by atoms with Gasteiger partial charge in [-0.3, -0.25) is 0 Å². The first-order valence-electron chi connectivity index (χ1n) is 7.10. The van der Waals surface area contributed by atoms with Gasteiger partial charge < -0.3 is 15.2 Å². The number of para-hydroxylation sites is 1. The van der Waals surface area contributed by atoms with Crippen molar-refractivity contribution < 1.29 is 9.47 Å². The molecular weight excluding hydrogens is 262 g/mol. The van der Waals surface area contributed by atoms with Crippen molar-refractivity contribution in [3.05, 3.63) is 65.7 Å². The Morgan fingerprint density at radius 3 is 2.62 bits per heavy atom. The van der Waals surface area contributed by atoms with Gasteiger partial charge in [-0.05, 0) is 30.7 Å². The third kappa shape index (κ3) is 4.65. The molecule has 3 nitrogen and oxygen atoms in total. The van der Waals surface area contributed by atoms with Crippen molar-refractivity contribution in [2.24, 2.45) is 5.73 Å². The van der Waals surface area contributed by atoms with E-state index in [1.54, 1.807) is 0 Å². The van der Waals surface area contributed by atoms with Gasteiger partial charge in [-0.2, -0.15) is 0 Å². The molecule has 21 heavy (non-hydrogen) atoms. The van der Waals surface area contributed by atoms with Crippen molar-refractivity contribution in [1.29, 1.82) is 0 Å². The van der Waals surface area contributed by atoms with E-state index in [0.29, 0.717) is 19.8 Å². The molecule has 0 bridgehead atoms. The molecule has 2 aromatic carbocycles. The minimum Gasteiger partial charge on any atom is -0.490 e. The normalized spacial score (nSPS) is 10.8. The molecule has 0 fully saturated rings. The first-order valence-corrected chi connectivity index (χ1v) is 7.10. The van der Waals surface area contributed by atoms with E-state index in [2.05, 4.69) is 0 Å². The zero-order chi connectivity index (χ0) is 14.9. The summed E-state index contributed by atoms with van der Waals surface area (Å²) in [5, 5.41) is 0. The molecule has 0 amide bonds. The molecule has 2 aromatic rings. The van der Waals surface area contributed by atoms with E-state index in [0.717, 1.165) is 22.6 Å². The molecule has 0 spiro atoms. The minimum atomic E-state index is 0.498. The van der Waals surface area contributed by atoms with Gasteiger partial charge in [0.25, 0.3) is 0 Å². The summed E-state index contributed by atoms with van der Waals surface area (Å²) in [6.45, 7) is 3.51. The smallest absolute Gasteiger partial charge is 0.126 e. The van der Waals surface area contributed by atoms with Crippen molar-refractivity contribution >= 4 is 6.08 Å². The van der Waals surface area contributed by atoms with Crippen LogP contribution in [0.4, 0.5) is 0 Å². The average molecular weight is 283 g/mol. The lowest BCUT2D eigenvalue weighted by Crippen LogP contribution is -2.09. The van der Waals surface area contributed by atoms with Gasteiger partial charge in [0.05, 0.1) is 0 Å². The Labute approximate surface area is 126 Å². The number of hydrogen-bond acceptors (Lipinski definition) is 3.